The number of carbonyl (C=O) groups excluding carboxylic acids is 1. The molecule has 0 saturated carbocycles. The van der Waals surface area contributed by atoms with E-state index in [4.69, 9.17) is 4.42 Å². The fourth-order valence-corrected chi connectivity index (χ4v) is 2.99. The average Bonchev–Trinajstić information content (AvgIpc) is 3.18. The highest BCUT2D eigenvalue weighted by atomic mass is 32.2. The average molecular weight is 399 g/mol. The molecule has 0 fully saturated rings. The summed E-state index contributed by atoms with van der Waals surface area (Å²) in [5.41, 5.74) is 0.881. The maximum absolute atomic E-state index is 12.8. The fraction of sp³-hybridized carbons (Fsp3) is 0.0526. The van der Waals surface area contributed by atoms with E-state index in [9.17, 15) is 22.9 Å². The van der Waals surface area contributed by atoms with Crippen molar-refractivity contribution in [1.82, 2.24) is 5.43 Å². The lowest BCUT2D eigenvalue weighted by Gasteiger charge is -2.26. The molecule has 0 aliphatic rings. The van der Waals surface area contributed by atoms with Crippen LogP contribution in [0.4, 0.5) is 0 Å². The highest BCUT2D eigenvalue weighted by Crippen LogP contribution is 2.29. The first-order valence-electron chi connectivity index (χ1n) is 8.04. The molecule has 0 saturated heterocycles. The van der Waals surface area contributed by atoms with Crippen molar-refractivity contribution >= 4 is 22.2 Å². The van der Waals surface area contributed by atoms with Crippen LogP contribution in [0.5, 0.6) is 0 Å². The molecule has 28 heavy (non-hydrogen) atoms. The quantitative estimate of drug-likeness (QED) is 0.367. The van der Waals surface area contributed by atoms with Crippen LogP contribution in [-0.4, -0.2) is 30.2 Å². The van der Waals surface area contributed by atoms with Gasteiger partial charge in [-0.25, -0.2) is 13.8 Å². The standard InChI is InChI=1S/C19H16N2O6S/c22-18(21-20-13-16-11-12-17(27-16)28(24,25)26)19(23,14-7-3-1-4-8-14)15-9-5-2-6-10-15/h1-13,23H,(H,21,22)(H,24,25,26)/p-1. The highest BCUT2D eigenvalue weighted by Gasteiger charge is 2.39. The SMILES string of the molecule is O=C(NN=Cc1ccc(S(=O)(=O)[O-])o1)C(O)(c1ccccc1)c1ccccc1. The highest BCUT2D eigenvalue weighted by molar-refractivity contribution is 7.85. The van der Waals surface area contributed by atoms with Crippen molar-refractivity contribution in [3.8, 4) is 0 Å². The molecule has 3 rings (SSSR count). The number of aliphatic hydroxyl groups is 1. The van der Waals surface area contributed by atoms with E-state index in [0.29, 0.717) is 11.1 Å². The number of hydrazone groups is 1. The molecule has 0 atom stereocenters. The molecule has 0 unspecified atom stereocenters. The lowest BCUT2D eigenvalue weighted by Crippen LogP contribution is -2.43. The number of hydrogen-bond acceptors (Lipinski definition) is 7. The summed E-state index contributed by atoms with van der Waals surface area (Å²) in [6.45, 7) is 0. The van der Waals surface area contributed by atoms with Crippen LogP contribution < -0.4 is 5.43 Å². The normalized spacial score (nSPS) is 12.2. The monoisotopic (exact) mass is 399 g/mol. The molecular weight excluding hydrogens is 384 g/mol. The summed E-state index contributed by atoms with van der Waals surface area (Å²) in [5, 5.41) is 14.1. The summed E-state index contributed by atoms with van der Waals surface area (Å²) in [5.74, 6) is -0.887. The van der Waals surface area contributed by atoms with Crippen LogP contribution in [0.1, 0.15) is 16.9 Å². The summed E-state index contributed by atoms with van der Waals surface area (Å²) < 4.78 is 37.5. The predicted octanol–water partition coefficient (Wildman–Crippen LogP) is 1.57. The van der Waals surface area contributed by atoms with Gasteiger partial charge in [-0.15, -0.1) is 0 Å². The zero-order valence-corrected chi connectivity index (χ0v) is 15.2. The van der Waals surface area contributed by atoms with Crippen LogP contribution in [0.15, 0.2) is 87.4 Å². The van der Waals surface area contributed by atoms with Crippen molar-refractivity contribution in [2.75, 3.05) is 0 Å². The van der Waals surface area contributed by atoms with E-state index in [1.807, 2.05) is 0 Å². The van der Waals surface area contributed by atoms with Gasteiger partial charge < -0.3 is 14.1 Å². The summed E-state index contributed by atoms with van der Waals surface area (Å²) in [4.78, 5) is 12.8. The van der Waals surface area contributed by atoms with E-state index >= 15 is 0 Å². The van der Waals surface area contributed by atoms with Gasteiger partial charge in [0.15, 0.2) is 15.7 Å². The van der Waals surface area contributed by atoms with E-state index < -0.39 is 26.7 Å². The van der Waals surface area contributed by atoms with Crippen molar-refractivity contribution in [2.45, 2.75) is 10.7 Å². The summed E-state index contributed by atoms with van der Waals surface area (Å²) in [6.07, 6.45) is 1.02. The van der Waals surface area contributed by atoms with Crippen molar-refractivity contribution in [2.24, 2.45) is 5.10 Å². The van der Waals surface area contributed by atoms with Gasteiger partial charge in [0.25, 0.3) is 5.91 Å². The predicted molar refractivity (Wildman–Crippen MR) is 98.3 cm³/mol. The second kappa shape index (κ2) is 7.77. The molecule has 1 heterocycles. The second-order valence-corrected chi connectivity index (χ2v) is 7.06. The van der Waals surface area contributed by atoms with Crippen LogP contribution in [0.25, 0.3) is 0 Å². The van der Waals surface area contributed by atoms with E-state index in [0.717, 1.165) is 12.3 Å². The van der Waals surface area contributed by atoms with Gasteiger partial charge in [0.2, 0.25) is 5.09 Å². The van der Waals surface area contributed by atoms with E-state index in [1.54, 1.807) is 60.7 Å². The molecular formula is C19H15N2O6S-. The van der Waals surface area contributed by atoms with Crippen LogP contribution in [0.2, 0.25) is 0 Å². The van der Waals surface area contributed by atoms with Gasteiger partial charge in [0.05, 0.1) is 6.21 Å². The lowest BCUT2D eigenvalue weighted by molar-refractivity contribution is -0.136. The molecule has 1 amide bonds. The Balaban J connectivity index is 1.86. The van der Waals surface area contributed by atoms with Crippen LogP contribution in [0, 0.1) is 0 Å². The Bertz CT molecular complexity index is 1050. The van der Waals surface area contributed by atoms with E-state index in [1.165, 1.54) is 6.07 Å². The van der Waals surface area contributed by atoms with Crippen molar-refractivity contribution in [3.63, 3.8) is 0 Å². The van der Waals surface area contributed by atoms with E-state index in [-0.39, 0.29) is 5.76 Å². The molecule has 9 heteroatoms. The first kappa shape index (κ1) is 19.5. The van der Waals surface area contributed by atoms with Gasteiger partial charge in [-0.1, -0.05) is 60.7 Å². The summed E-state index contributed by atoms with van der Waals surface area (Å²) in [6, 6.07) is 18.9. The fourth-order valence-electron chi connectivity index (χ4n) is 2.56. The number of nitrogens with one attached hydrogen (secondary N) is 1. The zero-order chi connectivity index (χ0) is 20.2. The van der Waals surface area contributed by atoms with Gasteiger partial charge in [-0.2, -0.15) is 5.10 Å². The number of furan rings is 1. The first-order valence-corrected chi connectivity index (χ1v) is 9.45. The van der Waals surface area contributed by atoms with Crippen LogP contribution in [0.3, 0.4) is 0 Å². The summed E-state index contributed by atoms with van der Waals surface area (Å²) in [7, 11) is -4.72. The number of nitrogens with zero attached hydrogens (tertiary/aromatic N) is 1. The number of carbonyl (C=O) groups is 1. The van der Waals surface area contributed by atoms with Gasteiger partial charge in [-0.3, -0.25) is 4.79 Å². The van der Waals surface area contributed by atoms with Crippen LogP contribution in [-0.2, 0) is 20.5 Å². The Morgan fingerprint density at radius 1 is 1.00 bits per heavy atom. The Morgan fingerprint density at radius 2 is 1.54 bits per heavy atom. The van der Waals surface area contributed by atoms with Crippen LogP contribution >= 0.6 is 0 Å². The molecule has 2 N–H and O–H groups in total. The minimum Gasteiger partial charge on any atom is -0.742 e. The van der Waals surface area contributed by atoms with Crippen molar-refractivity contribution in [3.05, 3.63) is 89.7 Å². The molecule has 144 valence electrons. The largest absolute Gasteiger partial charge is 0.742 e. The Kier molecular flexibility index (Phi) is 5.41. The summed E-state index contributed by atoms with van der Waals surface area (Å²) >= 11 is 0. The molecule has 2 aromatic carbocycles. The van der Waals surface area contributed by atoms with Crippen molar-refractivity contribution < 1.29 is 27.3 Å². The molecule has 0 radical (unpaired) electrons. The third kappa shape index (κ3) is 4.01. The Labute approximate surface area is 160 Å². The first-order chi connectivity index (χ1) is 13.3. The van der Waals surface area contributed by atoms with E-state index in [2.05, 4.69) is 10.5 Å². The minimum atomic E-state index is -4.72. The topological polar surface area (TPSA) is 132 Å². The molecule has 3 aromatic rings. The van der Waals surface area contributed by atoms with Crippen molar-refractivity contribution in [1.29, 1.82) is 0 Å². The molecule has 1 aromatic heterocycles. The number of hydrogen-bond donors (Lipinski definition) is 2. The maximum atomic E-state index is 12.8. The third-order valence-electron chi connectivity index (χ3n) is 3.92. The van der Waals surface area contributed by atoms with Gasteiger partial charge in [-0.05, 0) is 23.3 Å². The van der Waals surface area contributed by atoms with Gasteiger partial charge in [0, 0.05) is 0 Å². The molecule has 0 aliphatic heterocycles. The molecule has 0 spiro atoms. The lowest BCUT2D eigenvalue weighted by atomic mass is 9.85. The second-order valence-electron chi connectivity index (χ2n) is 5.75. The smallest absolute Gasteiger partial charge is 0.281 e. The van der Waals surface area contributed by atoms with Gasteiger partial charge >= 0.3 is 0 Å². The molecule has 0 aliphatic carbocycles. The number of rotatable bonds is 6. The maximum Gasteiger partial charge on any atom is 0.281 e. The molecule has 8 nitrogen and oxygen atoms in total. The third-order valence-corrected chi connectivity index (χ3v) is 4.63. The number of benzene rings is 2. The number of amides is 1. The minimum absolute atomic E-state index is 0.0577. The zero-order valence-electron chi connectivity index (χ0n) is 14.3. The van der Waals surface area contributed by atoms with Gasteiger partial charge in [0.1, 0.15) is 5.76 Å². The molecule has 0 bridgehead atoms. The Morgan fingerprint density at radius 3 is 2.00 bits per heavy atom. The Hall–Kier alpha value is -3.27.